The molecule has 15 heavy (non-hydrogen) atoms. The number of hydrogen-bond acceptors (Lipinski definition) is 2. The molecule has 1 N–H and O–H groups in total. The second-order valence-corrected chi connectivity index (χ2v) is 5.48. The summed E-state index contributed by atoms with van der Waals surface area (Å²) in [7, 11) is 0. The maximum Gasteiger partial charge on any atom is 0.317 e. The predicted molar refractivity (Wildman–Crippen MR) is 59.8 cm³/mol. The molecule has 0 radical (unpaired) electrons. The summed E-state index contributed by atoms with van der Waals surface area (Å²) in [6, 6.07) is 0.548. The number of amides is 2. The summed E-state index contributed by atoms with van der Waals surface area (Å²) in [5.74, 6) is 0. The molecule has 2 aliphatic rings. The third kappa shape index (κ3) is 2.09. The lowest BCUT2D eigenvalue weighted by molar-refractivity contribution is 0.0293. The van der Waals surface area contributed by atoms with E-state index in [-0.39, 0.29) is 11.6 Å². The van der Waals surface area contributed by atoms with Crippen molar-refractivity contribution in [2.75, 3.05) is 26.2 Å². The van der Waals surface area contributed by atoms with Crippen LogP contribution in [0.1, 0.15) is 27.2 Å². The van der Waals surface area contributed by atoms with Crippen molar-refractivity contribution in [2.45, 2.75) is 38.8 Å². The fraction of sp³-hybridized carbons (Fsp3) is 0.909. The summed E-state index contributed by atoms with van der Waals surface area (Å²) in [5.41, 5.74) is 0.222. The molecule has 0 aliphatic carbocycles. The van der Waals surface area contributed by atoms with Gasteiger partial charge in [-0.2, -0.15) is 0 Å². The molecule has 0 aromatic rings. The van der Waals surface area contributed by atoms with E-state index in [1.807, 2.05) is 4.90 Å². The largest absolute Gasteiger partial charge is 0.338 e. The van der Waals surface area contributed by atoms with E-state index in [1.54, 1.807) is 0 Å². The SMILES string of the molecule is CC(C)(C)N1CCN2C(=O)NCCC2C1. The third-order valence-electron chi connectivity index (χ3n) is 3.45. The van der Waals surface area contributed by atoms with Crippen molar-refractivity contribution in [2.24, 2.45) is 0 Å². The number of carbonyl (C=O) groups is 1. The molecule has 0 bridgehead atoms. The van der Waals surface area contributed by atoms with Crippen LogP contribution in [0.2, 0.25) is 0 Å². The highest BCUT2D eigenvalue weighted by Crippen LogP contribution is 2.22. The van der Waals surface area contributed by atoms with E-state index in [1.165, 1.54) is 0 Å². The lowest BCUT2D eigenvalue weighted by Gasteiger charge is -2.48. The van der Waals surface area contributed by atoms with Gasteiger partial charge in [-0.25, -0.2) is 4.79 Å². The smallest absolute Gasteiger partial charge is 0.317 e. The highest BCUT2D eigenvalue weighted by Gasteiger charge is 2.36. The van der Waals surface area contributed by atoms with Crippen LogP contribution in [0.3, 0.4) is 0 Å². The van der Waals surface area contributed by atoms with Crippen molar-refractivity contribution < 1.29 is 4.79 Å². The first-order valence-electron chi connectivity index (χ1n) is 5.78. The summed E-state index contributed by atoms with van der Waals surface area (Å²) in [6.45, 7) is 10.4. The van der Waals surface area contributed by atoms with Gasteiger partial charge in [-0.3, -0.25) is 4.90 Å². The molecule has 0 saturated carbocycles. The molecular formula is C11H21N3O. The fourth-order valence-electron chi connectivity index (χ4n) is 2.43. The number of hydrogen-bond donors (Lipinski definition) is 1. The van der Waals surface area contributed by atoms with E-state index in [9.17, 15) is 4.79 Å². The molecule has 2 rings (SSSR count). The van der Waals surface area contributed by atoms with Gasteiger partial charge < -0.3 is 10.2 Å². The van der Waals surface area contributed by atoms with Gasteiger partial charge in [-0.1, -0.05) is 0 Å². The van der Waals surface area contributed by atoms with Gasteiger partial charge in [0.15, 0.2) is 0 Å². The molecule has 0 aromatic carbocycles. The highest BCUT2D eigenvalue weighted by atomic mass is 16.2. The summed E-state index contributed by atoms with van der Waals surface area (Å²) >= 11 is 0. The predicted octanol–water partition coefficient (Wildman–Crippen LogP) is 0.884. The Morgan fingerprint density at radius 3 is 2.73 bits per heavy atom. The zero-order valence-corrected chi connectivity index (χ0v) is 9.92. The molecule has 2 amide bonds. The molecule has 1 atom stereocenters. The van der Waals surface area contributed by atoms with Gasteiger partial charge in [0.2, 0.25) is 0 Å². The van der Waals surface area contributed by atoms with Crippen molar-refractivity contribution >= 4 is 6.03 Å². The van der Waals surface area contributed by atoms with Crippen molar-refractivity contribution in [3.05, 3.63) is 0 Å². The van der Waals surface area contributed by atoms with Crippen molar-refractivity contribution in [3.63, 3.8) is 0 Å². The molecule has 2 aliphatic heterocycles. The van der Waals surface area contributed by atoms with Crippen LogP contribution in [0, 0.1) is 0 Å². The summed E-state index contributed by atoms with van der Waals surface area (Å²) in [4.78, 5) is 16.1. The Morgan fingerprint density at radius 1 is 1.33 bits per heavy atom. The summed E-state index contributed by atoms with van der Waals surface area (Å²) in [6.07, 6.45) is 1.08. The molecule has 4 heteroatoms. The minimum Gasteiger partial charge on any atom is -0.338 e. The first kappa shape index (κ1) is 10.7. The first-order chi connectivity index (χ1) is 6.98. The number of nitrogens with zero attached hydrogens (tertiary/aromatic N) is 2. The van der Waals surface area contributed by atoms with E-state index < -0.39 is 0 Å². The maximum absolute atomic E-state index is 11.6. The van der Waals surface area contributed by atoms with Gasteiger partial charge in [-0.15, -0.1) is 0 Å². The Labute approximate surface area is 91.6 Å². The molecule has 4 nitrogen and oxygen atoms in total. The zero-order chi connectivity index (χ0) is 11.1. The molecule has 0 spiro atoms. The molecule has 1 unspecified atom stereocenters. The van der Waals surface area contributed by atoms with E-state index in [0.29, 0.717) is 6.04 Å². The molecular weight excluding hydrogens is 190 g/mol. The van der Waals surface area contributed by atoms with Crippen molar-refractivity contribution in [1.29, 1.82) is 0 Å². The van der Waals surface area contributed by atoms with Crippen LogP contribution in [0.25, 0.3) is 0 Å². The Morgan fingerprint density at radius 2 is 2.07 bits per heavy atom. The van der Waals surface area contributed by atoms with E-state index in [0.717, 1.165) is 32.6 Å². The van der Waals surface area contributed by atoms with Crippen molar-refractivity contribution in [1.82, 2.24) is 15.1 Å². The average Bonchev–Trinajstić information content (AvgIpc) is 2.16. The molecule has 2 saturated heterocycles. The van der Waals surface area contributed by atoms with Gasteiger partial charge in [0, 0.05) is 37.8 Å². The fourth-order valence-corrected chi connectivity index (χ4v) is 2.43. The summed E-state index contributed by atoms with van der Waals surface area (Å²) in [5, 5.41) is 2.90. The van der Waals surface area contributed by atoms with Crippen LogP contribution in [0.5, 0.6) is 0 Å². The van der Waals surface area contributed by atoms with Crippen LogP contribution < -0.4 is 5.32 Å². The van der Waals surface area contributed by atoms with Gasteiger partial charge >= 0.3 is 6.03 Å². The first-order valence-corrected chi connectivity index (χ1v) is 5.78. The molecule has 0 aromatic heterocycles. The molecule has 2 heterocycles. The Kier molecular flexibility index (Phi) is 2.63. The number of fused-ring (bicyclic) bond motifs is 1. The topological polar surface area (TPSA) is 35.6 Å². The summed E-state index contributed by atoms with van der Waals surface area (Å²) < 4.78 is 0. The van der Waals surface area contributed by atoms with Gasteiger partial charge in [-0.05, 0) is 27.2 Å². The number of urea groups is 1. The highest BCUT2D eigenvalue weighted by molar-refractivity contribution is 5.75. The van der Waals surface area contributed by atoms with Crippen LogP contribution in [0.15, 0.2) is 0 Å². The molecule has 86 valence electrons. The molecule has 2 fully saturated rings. The van der Waals surface area contributed by atoms with E-state index in [2.05, 4.69) is 31.0 Å². The Balaban J connectivity index is 2.03. The van der Waals surface area contributed by atoms with Crippen LogP contribution in [-0.2, 0) is 0 Å². The lowest BCUT2D eigenvalue weighted by Crippen LogP contribution is -2.64. The van der Waals surface area contributed by atoms with Crippen molar-refractivity contribution in [3.8, 4) is 0 Å². The Bertz CT molecular complexity index is 259. The normalized spacial score (nSPS) is 28.6. The minimum atomic E-state index is 0.125. The van der Waals surface area contributed by atoms with Crippen LogP contribution >= 0.6 is 0 Å². The number of nitrogens with one attached hydrogen (secondary N) is 1. The minimum absolute atomic E-state index is 0.125. The van der Waals surface area contributed by atoms with Gasteiger partial charge in [0.1, 0.15) is 0 Å². The number of carbonyl (C=O) groups excluding carboxylic acids is 1. The maximum atomic E-state index is 11.6. The zero-order valence-electron chi connectivity index (χ0n) is 9.92. The quantitative estimate of drug-likeness (QED) is 0.646. The standard InChI is InChI=1S/C11H21N3O/c1-11(2,3)13-6-7-14-9(8-13)4-5-12-10(14)15/h9H,4-8H2,1-3H3,(H,12,15). The second kappa shape index (κ2) is 3.67. The number of rotatable bonds is 0. The van der Waals surface area contributed by atoms with Crippen LogP contribution in [0.4, 0.5) is 4.79 Å². The third-order valence-corrected chi connectivity index (χ3v) is 3.45. The second-order valence-electron chi connectivity index (χ2n) is 5.48. The number of piperazine rings is 1. The van der Waals surface area contributed by atoms with Crippen LogP contribution in [-0.4, -0.2) is 53.6 Å². The van der Waals surface area contributed by atoms with E-state index in [4.69, 9.17) is 0 Å². The average molecular weight is 211 g/mol. The monoisotopic (exact) mass is 211 g/mol. The van der Waals surface area contributed by atoms with Gasteiger partial charge in [0.25, 0.3) is 0 Å². The Hall–Kier alpha value is -0.770. The lowest BCUT2D eigenvalue weighted by atomic mass is 10.00. The van der Waals surface area contributed by atoms with E-state index >= 15 is 0 Å². The van der Waals surface area contributed by atoms with Gasteiger partial charge in [0.05, 0.1) is 0 Å².